The van der Waals surface area contributed by atoms with Crippen molar-refractivity contribution in [1.29, 1.82) is 0 Å². The van der Waals surface area contributed by atoms with E-state index in [1.807, 2.05) is 6.07 Å². The second kappa shape index (κ2) is 9.89. The van der Waals surface area contributed by atoms with Gasteiger partial charge in [0.25, 0.3) is 0 Å². The maximum atomic E-state index is 5.31. The molecule has 0 amide bonds. The number of allylic oxidation sites excluding steroid dienone is 1. The number of nitrogens with zero attached hydrogens (tertiary/aromatic N) is 3. The van der Waals surface area contributed by atoms with Crippen LogP contribution < -0.4 is 0 Å². The van der Waals surface area contributed by atoms with Crippen LogP contribution >= 0.6 is 0 Å². The monoisotopic (exact) mass is 561 g/mol. The Kier molecular flexibility index (Phi) is 5.57. The fourth-order valence-electron chi connectivity index (χ4n) is 6.84. The summed E-state index contributed by atoms with van der Waals surface area (Å²) in [4.78, 5) is 10.5. The average Bonchev–Trinajstić information content (AvgIpc) is 3.43. The van der Waals surface area contributed by atoms with Gasteiger partial charge in [-0.1, -0.05) is 115 Å². The molecule has 3 aromatic heterocycles. The van der Waals surface area contributed by atoms with Crippen LogP contribution in [-0.2, 0) is 6.42 Å². The highest BCUT2D eigenvalue weighted by atomic mass is 15.1. The first-order valence-corrected chi connectivity index (χ1v) is 15.1. The normalized spacial score (nSPS) is 12.4. The molecule has 5 aromatic carbocycles. The Morgan fingerprint density at radius 1 is 0.500 bits per heavy atom. The number of fused-ring (bicyclic) bond motifs is 4. The zero-order chi connectivity index (χ0) is 29.0. The summed E-state index contributed by atoms with van der Waals surface area (Å²) in [7, 11) is 0. The molecule has 0 fully saturated rings. The average molecular weight is 562 g/mol. The molecule has 0 spiro atoms. The maximum absolute atomic E-state index is 5.31. The Balaban J connectivity index is 1.28. The highest BCUT2D eigenvalue weighted by Crippen LogP contribution is 2.41. The highest BCUT2D eigenvalue weighted by molar-refractivity contribution is 6.17. The van der Waals surface area contributed by atoms with Crippen molar-refractivity contribution in [3.05, 3.63) is 157 Å². The van der Waals surface area contributed by atoms with Crippen molar-refractivity contribution in [2.75, 3.05) is 0 Å². The van der Waals surface area contributed by atoms with Crippen LogP contribution in [0.25, 0.3) is 78.2 Å². The minimum atomic E-state index is 0.843. The van der Waals surface area contributed by atoms with Crippen LogP contribution in [-0.4, -0.2) is 14.5 Å². The number of pyridine rings is 2. The van der Waals surface area contributed by atoms with E-state index in [4.69, 9.17) is 9.97 Å². The Labute approximate surface area is 255 Å². The topological polar surface area (TPSA) is 30.7 Å². The molecular formula is C41H27N3. The fourth-order valence-corrected chi connectivity index (χ4v) is 6.84. The Morgan fingerprint density at radius 2 is 1.25 bits per heavy atom. The van der Waals surface area contributed by atoms with Gasteiger partial charge in [0, 0.05) is 16.3 Å². The SMILES string of the molecule is C1=Cc2cccc3cc4c(c(c23)C1)c1ccccc1n4-c1cccc(-c2cc(-c3ccccc3)cc(-c3ccccc3)n2)n1. The van der Waals surface area contributed by atoms with E-state index in [9.17, 15) is 0 Å². The summed E-state index contributed by atoms with van der Waals surface area (Å²) in [5, 5.41) is 5.20. The lowest BCUT2D eigenvalue weighted by molar-refractivity contribution is 1.08. The molecule has 0 unspecified atom stereocenters. The van der Waals surface area contributed by atoms with Crippen LogP contribution in [0.3, 0.4) is 0 Å². The predicted molar refractivity (Wildman–Crippen MR) is 183 cm³/mol. The first-order chi connectivity index (χ1) is 21.8. The minimum absolute atomic E-state index is 0.843. The molecule has 0 bridgehead atoms. The Bertz CT molecular complexity index is 2340. The molecule has 8 aromatic rings. The molecule has 3 heteroatoms. The molecule has 44 heavy (non-hydrogen) atoms. The number of rotatable bonds is 4. The number of para-hydroxylation sites is 1. The van der Waals surface area contributed by atoms with Gasteiger partial charge in [-0.05, 0) is 75.8 Å². The van der Waals surface area contributed by atoms with E-state index in [2.05, 4.69) is 150 Å². The Morgan fingerprint density at radius 3 is 2.11 bits per heavy atom. The molecule has 0 N–H and O–H groups in total. The van der Waals surface area contributed by atoms with Gasteiger partial charge in [0.05, 0.1) is 28.1 Å². The molecule has 1 aliphatic carbocycles. The number of hydrogen-bond donors (Lipinski definition) is 0. The zero-order valence-electron chi connectivity index (χ0n) is 24.0. The summed E-state index contributed by atoms with van der Waals surface area (Å²) in [5.74, 6) is 0.885. The third-order valence-electron chi connectivity index (χ3n) is 8.78. The molecule has 1 aliphatic rings. The molecule has 0 saturated heterocycles. The lowest BCUT2D eigenvalue weighted by Crippen LogP contribution is -2.00. The van der Waals surface area contributed by atoms with Crippen molar-refractivity contribution in [2.45, 2.75) is 6.42 Å². The second-order valence-electron chi connectivity index (χ2n) is 11.4. The second-order valence-corrected chi connectivity index (χ2v) is 11.4. The van der Waals surface area contributed by atoms with Crippen molar-refractivity contribution in [3.8, 4) is 39.6 Å². The van der Waals surface area contributed by atoms with Gasteiger partial charge >= 0.3 is 0 Å². The quantitative estimate of drug-likeness (QED) is 0.214. The Hall–Kier alpha value is -5.80. The van der Waals surface area contributed by atoms with E-state index >= 15 is 0 Å². The first kappa shape index (κ1) is 24.8. The predicted octanol–water partition coefficient (Wildman–Crippen LogP) is 10.3. The summed E-state index contributed by atoms with van der Waals surface area (Å²) < 4.78 is 2.33. The lowest BCUT2D eigenvalue weighted by atomic mass is 9.90. The maximum Gasteiger partial charge on any atom is 0.138 e. The van der Waals surface area contributed by atoms with Crippen molar-refractivity contribution in [1.82, 2.24) is 14.5 Å². The minimum Gasteiger partial charge on any atom is -0.294 e. The number of hydrogen-bond acceptors (Lipinski definition) is 2. The standard InChI is InChI=1S/C41H27N3/c1-3-12-27(13-4-1)31-24-35(28-14-5-2-6-15-28)42-36(25-31)34-21-11-23-39(43-34)44-37-22-8-7-19-32(37)41-33-20-10-17-29-16-9-18-30(40(29)33)26-38(41)44/h1-19,21-26H,20H2. The first-order valence-electron chi connectivity index (χ1n) is 15.1. The molecular weight excluding hydrogens is 534 g/mol. The molecule has 3 nitrogen and oxygen atoms in total. The molecule has 3 heterocycles. The van der Waals surface area contributed by atoms with Crippen LogP contribution in [0.5, 0.6) is 0 Å². The molecule has 9 rings (SSSR count). The molecule has 0 atom stereocenters. The molecule has 206 valence electrons. The van der Waals surface area contributed by atoms with Gasteiger partial charge in [-0.25, -0.2) is 9.97 Å². The van der Waals surface area contributed by atoms with E-state index in [1.165, 1.54) is 38.2 Å². The van der Waals surface area contributed by atoms with E-state index in [0.717, 1.165) is 51.5 Å². The third-order valence-corrected chi connectivity index (χ3v) is 8.78. The van der Waals surface area contributed by atoms with Gasteiger partial charge < -0.3 is 0 Å². The summed E-state index contributed by atoms with van der Waals surface area (Å²) in [6.07, 6.45) is 5.47. The summed E-state index contributed by atoms with van der Waals surface area (Å²) >= 11 is 0. The van der Waals surface area contributed by atoms with Gasteiger partial charge in [0.1, 0.15) is 5.82 Å². The fraction of sp³-hybridized carbons (Fsp3) is 0.0244. The summed E-state index contributed by atoms with van der Waals surface area (Å²) in [6.45, 7) is 0. The van der Waals surface area contributed by atoms with Crippen molar-refractivity contribution in [2.24, 2.45) is 0 Å². The highest BCUT2D eigenvalue weighted by Gasteiger charge is 2.20. The van der Waals surface area contributed by atoms with Crippen LogP contribution in [0.2, 0.25) is 0 Å². The van der Waals surface area contributed by atoms with E-state index in [1.54, 1.807) is 0 Å². The van der Waals surface area contributed by atoms with Crippen LogP contribution in [0.1, 0.15) is 11.1 Å². The largest absolute Gasteiger partial charge is 0.294 e. The van der Waals surface area contributed by atoms with E-state index in [0.29, 0.717) is 0 Å². The van der Waals surface area contributed by atoms with E-state index < -0.39 is 0 Å². The van der Waals surface area contributed by atoms with Gasteiger partial charge in [-0.15, -0.1) is 0 Å². The summed E-state index contributed by atoms with van der Waals surface area (Å²) in [5.41, 5.74) is 11.0. The molecule has 0 aliphatic heterocycles. The number of benzene rings is 5. The van der Waals surface area contributed by atoms with Gasteiger partial charge in [0.15, 0.2) is 0 Å². The lowest BCUT2D eigenvalue weighted by Gasteiger charge is -2.15. The van der Waals surface area contributed by atoms with Crippen LogP contribution in [0.4, 0.5) is 0 Å². The number of aromatic nitrogens is 3. The van der Waals surface area contributed by atoms with Gasteiger partial charge in [-0.3, -0.25) is 4.57 Å². The summed E-state index contributed by atoms with van der Waals surface area (Å²) in [6, 6.07) is 49.2. The van der Waals surface area contributed by atoms with Crippen molar-refractivity contribution >= 4 is 38.7 Å². The smallest absolute Gasteiger partial charge is 0.138 e. The zero-order valence-corrected chi connectivity index (χ0v) is 24.0. The van der Waals surface area contributed by atoms with Crippen LogP contribution in [0, 0.1) is 0 Å². The van der Waals surface area contributed by atoms with Gasteiger partial charge in [0.2, 0.25) is 0 Å². The third kappa shape index (κ3) is 3.90. The van der Waals surface area contributed by atoms with Gasteiger partial charge in [-0.2, -0.15) is 0 Å². The molecule has 0 radical (unpaired) electrons. The molecule has 0 saturated carbocycles. The van der Waals surface area contributed by atoms with E-state index in [-0.39, 0.29) is 0 Å². The van der Waals surface area contributed by atoms with Crippen molar-refractivity contribution in [3.63, 3.8) is 0 Å². The van der Waals surface area contributed by atoms with Crippen molar-refractivity contribution < 1.29 is 0 Å². The van der Waals surface area contributed by atoms with Crippen LogP contribution in [0.15, 0.2) is 146 Å².